The maximum Gasteiger partial charge on any atom is 0.425 e. The zero-order valence-corrected chi connectivity index (χ0v) is 35.0. The average molecular weight is 922 g/mol. The quantitative estimate of drug-likeness (QED) is 0.0469. The maximum atomic E-state index is 16.3. The Bertz CT molecular complexity index is 3080. The lowest BCUT2D eigenvalue weighted by Gasteiger charge is -2.35. The minimum atomic E-state index is -4.45. The summed E-state index contributed by atoms with van der Waals surface area (Å²) in [5.41, 5.74) is 1.77. The second-order valence-electron chi connectivity index (χ2n) is 14.4. The van der Waals surface area contributed by atoms with Gasteiger partial charge < -0.3 is 10.4 Å². The first-order valence-electron chi connectivity index (χ1n) is 17.8. The summed E-state index contributed by atoms with van der Waals surface area (Å²) in [5.74, 6) is -9.13. The van der Waals surface area contributed by atoms with E-state index in [1.165, 1.54) is 36.4 Å². The van der Waals surface area contributed by atoms with E-state index in [0.717, 1.165) is 16.5 Å². The summed E-state index contributed by atoms with van der Waals surface area (Å²) < 4.78 is 157. The first-order valence-corrected chi connectivity index (χ1v) is 22.7. The summed E-state index contributed by atoms with van der Waals surface area (Å²) >= 11 is 0.121. The van der Waals surface area contributed by atoms with E-state index in [-0.39, 0.29) is 32.7 Å². The molecule has 0 atom stereocenters. The van der Waals surface area contributed by atoms with Gasteiger partial charge in [-0.2, -0.15) is 16.8 Å². The van der Waals surface area contributed by atoms with Crippen LogP contribution >= 0.6 is 11.8 Å². The molecule has 5 aromatic carbocycles. The van der Waals surface area contributed by atoms with Crippen LogP contribution in [0.1, 0.15) is 53.6 Å². The number of thioether (sulfide) groups is 1. The van der Waals surface area contributed by atoms with Crippen molar-refractivity contribution in [3.63, 3.8) is 0 Å². The number of aryl methyl sites for hydroxylation is 1. The molecule has 320 valence electrons. The van der Waals surface area contributed by atoms with Gasteiger partial charge in [-0.05, 0) is 82.9 Å². The molecule has 0 spiro atoms. The van der Waals surface area contributed by atoms with Crippen LogP contribution in [0, 0.1) is 23.3 Å². The van der Waals surface area contributed by atoms with Crippen LogP contribution in [0.3, 0.4) is 0 Å². The van der Waals surface area contributed by atoms with Crippen molar-refractivity contribution < 1.29 is 66.0 Å². The Labute approximate surface area is 351 Å². The Morgan fingerprint density at radius 1 is 0.787 bits per heavy atom. The molecule has 0 saturated heterocycles. The fourth-order valence-corrected chi connectivity index (χ4v) is 9.13. The molecule has 0 amide bonds. The largest absolute Gasteiger partial charge is 0.481 e. The monoisotopic (exact) mass is 921 g/mol. The van der Waals surface area contributed by atoms with Crippen LogP contribution in [0.15, 0.2) is 93.5 Å². The molecule has 4 N–H and O–H groups in total. The average Bonchev–Trinajstić information content (AvgIpc) is 3.17. The number of carboxylic acid groups (broad SMARTS) is 1. The molecular formula is C40H33F4N2O11S4+. The first kappa shape index (κ1) is 45.1. The van der Waals surface area contributed by atoms with Gasteiger partial charge in [-0.25, -0.2) is 22.1 Å². The first-order chi connectivity index (χ1) is 28.5. The van der Waals surface area contributed by atoms with Gasteiger partial charge >= 0.3 is 16.6 Å². The van der Waals surface area contributed by atoms with Crippen molar-refractivity contribution in [1.82, 2.24) is 4.58 Å². The Kier molecular flexibility index (Phi) is 12.7. The number of carbonyl (C=O) groups is 1. The van der Waals surface area contributed by atoms with E-state index in [2.05, 4.69) is 9.89 Å². The van der Waals surface area contributed by atoms with Crippen molar-refractivity contribution in [2.75, 3.05) is 17.6 Å². The summed E-state index contributed by atoms with van der Waals surface area (Å²) in [6.07, 6.45) is 1.23. The van der Waals surface area contributed by atoms with Crippen molar-refractivity contribution in [2.24, 2.45) is 0 Å². The Hall–Kier alpha value is -5.45. The number of hydrogen-bond donors (Lipinski definition) is 4. The summed E-state index contributed by atoms with van der Waals surface area (Å²) in [5, 5.41) is 13.3. The van der Waals surface area contributed by atoms with Gasteiger partial charge in [0.15, 0.2) is 29.8 Å². The normalized spacial score (nSPS) is 14.2. The highest BCUT2D eigenvalue weighted by atomic mass is 32.2. The number of fused-ring (bicyclic) bond motifs is 3. The predicted molar refractivity (Wildman–Crippen MR) is 214 cm³/mol. The molecule has 7 rings (SSSR count). The molecule has 0 fully saturated rings. The Morgan fingerprint density at radius 3 is 1.87 bits per heavy atom. The maximum absolute atomic E-state index is 16.3. The summed E-state index contributed by atoms with van der Waals surface area (Å²) in [4.78, 5) is 9.50. The van der Waals surface area contributed by atoms with Crippen molar-refractivity contribution in [3.05, 3.63) is 146 Å². The predicted octanol–water partition coefficient (Wildman–Crippen LogP) is 5.18. The SMILES string of the molecule is CC1(C)c2cc(Nc3ccc(S(=O)(=O)O)cc3)ccc2C(c2c(F)c(F)c(SCC(=O)O)c(F)c2F)=c2cc3c(cc21)=[N+](Cc1ccc(S(=O)(=O)O)cc1)CCC3.O=S(=O)=O. The Balaban J connectivity index is 0.00000149. The molecule has 0 unspecified atom stereocenters. The van der Waals surface area contributed by atoms with Crippen LogP contribution < -0.4 is 20.5 Å². The van der Waals surface area contributed by atoms with E-state index in [4.69, 9.17) is 17.7 Å². The summed E-state index contributed by atoms with van der Waals surface area (Å²) in [6.45, 7) is 4.71. The van der Waals surface area contributed by atoms with Crippen molar-refractivity contribution in [3.8, 4) is 0 Å². The molecule has 61 heavy (non-hydrogen) atoms. The number of anilines is 2. The van der Waals surface area contributed by atoms with Crippen molar-refractivity contribution >= 4 is 65.5 Å². The fourth-order valence-electron chi connectivity index (χ4n) is 7.47. The van der Waals surface area contributed by atoms with E-state index >= 15 is 17.6 Å². The second-order valence-corrected chi connectivity index (χ2v) is 18.6. The molecule has 0 bridgehead atoms. The number of benzene rings is 5. The number of aliphatic carboxylic acids is 1. The molecule has 13 nitrogen and oxygen atoms in total. The molecule has 0 saturated carbocycles. The van der Waals surface area contributed by atoms with Crippen LogP contribution in [0.4, 0.5) is 28.9 Å². The summed E-state index contributed by atoms with van der Waals surface area (Å²) in [7, 11) is -12.0. The third-order valence-electron chi connectivity index (χ3n) is 10.2. The van der Waals surface area contributed by atoms with Crippen LogP contribution in [0.25, 0.3) is 5.57 Å². The molecular weight excluding hydrogens is 889 g/mol. The van der Waals surface area contributed by atoms with E-state index in [1.807, 2.05) is 19.9 Å². The molecule has 0 radical (unpaired) electrons. The molecule has 0 aromatic heterocycles. The third-order valence-corrected chi connectivity index (χ3v) is 13.0. The molecule has 1 heterocycles. The van der Waals surface area contributed by atoms with E-state index in [0.29, 0.717) is 53.7 Å². The van der Waals surface area contributed by atoms with Crippen molar-refractivity contribution in [1.29, 1.82) is 0 Å². The van der Waals surface area contributed by atoms with E-state index < -0.39 is 81.7 Å². The van der Waals surface area contributed by atoms with Gasteiger partial charge in [-0.3, -0.25) is 13.9 Å². The topological polar surface area (TPSA) is 212 Å². The van der Waals surface area contributed by atoms with Gasteiger partial charge in [-0.1, -0.05) is 32.0 Å². The zero-order valence-electron chi connectivity index (χ0n) is 31.7. The highest BCUT2D eigenvalue weighted by Crippen LogP contribution is 2.44. The standard InChI is InChI=1S/C40H32F4N2O8S3.O3S/c1-40(2)29-17-24(45-23-7-12-26(13-8-23)57(52,53)54)9-14-27(29)33(34-35(41)37(43)39(38(44)36(34)42)55-20-32(47)48)28-16-22-4-3-15-46(31(22)18-30(28)40)19-21-5-10-25(11-6-21)56(49,50)51;1-4(2)3/h5-14,16-18H,3-4,15,19-20H2,1-2H3,(H3,47,48,49,50,51,52,53,54);/p+1. The van der Waals surface area contributed by atoms with Gasteiger partial charge in [0.1, 0.15) is 6.54 Å². The second kappa shape index (κ2) is 17.1. The van der Waals surface area contributed by atoms with Gasteiger partial charge in [0, 0.05) is 46.0 Å². The zero-order chi connectivity index (χ0) is 44.8. The molecule has 1 aliphatic heterocycles. The van der Waals surface area contributed by atoms with Gasteiger partial charge in [0.05, 0.1) is 26.0 Å². The molecule has 5 aromatic rings. The summed E-state index contributed by atoms with van der Waals surface area (Å²) in [6, 6.07) is 19.5. The van der Waals surface area contributed by atoms with Crippen LogP contribution in [-0.4, -0.2) is 61.9 Å². The minimum Gasteiger partial charge on any atom is -0.481 e. The molecule has 1 aliphatic carbocycles. The number of nitrogens with zero attached hydrogens (tertiary/aromatic N) is 1. The minimum absolute atomic E-state index is 0.119. The van der Waals surface area contributed by atoms with Gasteiger partial charge in [-0.15, -0.1) is 24.4 Å². The number of nitrogens with one attached hydrogen (secondary N) is 1. The number of hydrogen-bond acceptors (Lipinski definition) is 10. The lowest BCUT2D eigenvalue weighted by molar-refractivity contribution is -0.133. The highest BCUT2D eigenvalue weighted by molar-refractivity contribution is 8.00. The smallest absolute Gasteiger partial charge is 0.425 e. The molecule has 2 aliphatic rings. The van der Waals surface area contributed by atoms with E-state index in [1.54, 1.807) is 36.4 Å². The Morgan fingerprint density at radius 2 is 1.33 bits per heavy atom. The lowest BCUT2D eigenvalue weighted by Crippen LogP contribution is -2.43. The van der Waals surface area contributed by atoms with Gasteiger partial charge in [0.2, 0.25) is 5.36 Å². The number of rotatable bonds is 10. The van der Waals surface area contributed by atoms with Crippen LogP contribution in [0.2, 0.25) is 0 Å². The fraction of sp³-hybridized carbons (Fsp3) is 0.200. The lowest BCUT2D eigenvalue weighted by atomic mass is 9.68. The van der Waals surface area contributed by atoms with Gasteiger partial charge in [0.25, 0.3) is 20.2 Å². The van der Waals surface area contributed by atoms with Crippen LogP contribution in [-0.2, 0) is 54.0 Å². The highest BCUT2D eigenvalue weighted by Gasteiger charge is 2.38. The van der Waals surface area contributed by atoms with Crippen LogP contribution in [0.5, 0.6) is 0 Å². The third kappa shape index (κ3) is 9.41. The van der Waals surface area contributed by atoms with Crippen molar-refractivity contribution in [2.45, 2.75) is 53.3 Å². The number of halogens is 4. The molecule has 21 heteroatoms. The van der Waals surface area contributed by atoms with E-state index in [9.17, 15) is 30.7 Å². The number of carboxylic acids is 1.